The van der Waals surface area contributed by atoms with Gasteiger partial charge in [-0.3, -0.25) is 0 Å². The average Bonchev–Trinajstić information content (AvgIpc) is 2.64. The highest BCUT2D eigenvalue weighted by Gasteiger charge is 2.26. The lowest BCUT2D eigenvalue weighted by Crippen LogP contribution is -2.48. The van der Waals surface area contributed by atoms with E-state index >= 15 is 0 Å². The third-order valence-electron chi connectivity index (χ3n) is 4.20. The van der Waals surface area contributed by atoms with Crippen LogP contribution in [0.25, 0.3) is 0 Å². The number of benzene rings is 2. The SMILES string of the molecule is CN(C(=O)NCCCc1ccccc1)C(Cc1ccc(O)cc1)C(=O)O. The number of aryl methyl sites for hydroxylation is 1. The van der Waals surface area contributed by atoms with Crippen LogP contribution in [-0.2, 0) is 17.6 Å². The fourth-order valence-electron chi connectivity index (χ4n) is 2.64. The molecule has 0 saturated heterocycles. The van der Waals surface area contributed by atoms with Gasteiger partial charge in [-0.15, -0.1) is 0 Å². The Bertz CT molecular complexity index is 716. The Morgan fingerprint density at radius 3 is 2.31 bits per heavy atom. The fourth-order valence-corrected chi connectivity index (χ4v) is 2.64. The first-order valence-electron chi connectivity index (χ1n) is 8.52. The number of carbonyl (C=O) groups is 2. The number of amides is 2. The van der Waals surface area contributed by atoms with Crippen LogP contribution in [0.5, 0.6) is 5.75 Å². The highest BCUT2D eigenvalue weighted by Crippen LogP contribution is 2.13. The number of phenols is 1. The predicted molar refractivity (Wildman–Crippen MR) is 99.2 cm³/mol. The van der Waals surface area contributed by atoms with E-state index < -0.39 is 18.0 Å². The van der Waals surface area contributed by atoms with Crippen LogP contribution in [0, 0.1) is 0 Å². The molecule has 0 radical (unpaired) electrons. The molecule has 0 saturated carbocycles. The second-order valence-electron chi connectivity index (χ2n) is 6.16. The van der Waals surface area contributed by atoms with Crippen LogP contribution >= 0.6 is 0 Å². The first-order chi connectivity index (χ1) is 12.5. The average molecular weight is 356 g/mol. The number of likely N-dealkylation sites (N-methyl/N-ethyl adjacent to an activating group) is 1. The zero-order valence-corrected chi connectivity index (χ0v) is 14.8. The summed E-state index contributed by atoms with van der Waals surface area (Å²) in [5.74, 6) is -0.954. The molecule has 3 N–H and O–H groups in total. The maximum absolute atomic E-state index is 12.3. The van der Waals surface area contributed by atoms with Gasteiger partial charge in [0, 0.05) is 20.0 Å². The molecule has 2 amide bonds. The summed E-state index contributed by atoms with van der Waals surface area (Å²) in [4.78, 5) is 25.0. The molecular weight excluding hydrogens is 332 g/mol. The van der Waals surface area contributed by atoms with Crippen molar-refractivity contribution in [2.45, 2.75) is 25.3 Å². The van der Waals surface area contributed by atoms with E-state index in [4.69, 9.17) is 0 Å². The highest BCUT2D eigenvalue weighted by molar-refractivity contribution is 5.82. The molecule has 26 heavy (non-hydrogen) atoms. The molecule has 1 unspecified atom stereocenters. The summed E-state index contributed by atoms with van der Waals surface area (Å²) in [5, 5.41) is 21.5. The number of hydrogen-bond acceptors (Lipinski definition) is 3. The molecule has 0 aliphatic heterocycles. The van der Waals surface area contributed by atoms with Gasteiger partial charge in [0.25, 0.3) is 0 Å². The zero-order chi connectivity index (χ0) is 18.9. The molecule has 0 heterocycles. The Morgan fingerprint density at radius 1 is 1.04 bits per heavy atom. The van der Waals surface area contributed by atoms with Crippen LogP contribution in [0.15, 0.2) is 54.6 Å². The number of carboxylic acid groups (broad SMARTS) is 1. The summed E-state index contributed by atoms with van der Waals surface area (Å²) in [6.45, 7) is 0.476. The Morgan fingerprint density at radius 2 is 1.69 bits per heavy atom. The third-order valence-corrected chi connectivity index (χ3v) is 4.20. The Hall–Kier alpha value is -3.02. The lowest BCUT2D eigenvalue weighted by molar-refractivity contribution is -0.141. The first kappa shape index (κ1) is 19.3. The fraction of sp³-hybridized carbons (Fsp3) is 0.300. The van der Waals surface area contributed by atoms with Crippen molar-refractivity contribution < 1.29 is 19.8 Å². The molecule has 0 aliphatic rings. The predicted octanol–water partition coefficient (Wildman–Crippen LogP) is 2.66. The molecule has 2 aromatic carbocycles. The number of aliphatic carboxylic acids is 1. The molecule has 6 nitrogen and oxygen atoms in total. The highest BCUT2D eigenvalue weighted by atomic mass is 16.4. The van der Waals surface area contributed by atoms with Crippen molar-refractivity contribution in [1.29, 1.82) is 0 Å². The van der Waals surface area contributed by atoms with E-state index in [2.05, 4.69) is 5.32 Å². The van der Waals surface area contributed by atoms with Crippen LogP contribution in [0.1, 0.15) is 17.5 Å². The summed E-state index contributed by atoms with van der Waals surface area (Å²) in [6.07, 6.45) is 1.80. The van der Waals surface area contributed by atoms with Crippen molar-refractivity contribution in [3.05, 3.63) is 65.7 Å². The molecule has 0 bridgehead atoms. The van der Waals surface area contributed by atoms with Gasteiger partial charge in [-0.05, 0) is 36.1 Å². The van der Waals surface area contributed by atoms with Gasteiger partial charge in [0.1, 0.15) is 11.8 Å². The molecule has 2 aromatic rings. The Balaban J connectivity index is 1.84. The van der Waals surface area contributed by atoms with Gasteiger partial charge >= 0.3 is 12.0 Å². The number of rotatable bonds is 8. The van der Waals surface area contributed by atoms with Gasteiger partial charge in [0.2, 0.25) is 0 Å². The number of urea groups is 1. The van der Waals surface area contributed by atoms with Crippen LogP contribution in [0.4, 0.5) is 4.79 Å². The van der Waals surface area contributed by atoms with Crippen molar-refractivity contribution >= 4 is 12.0 Å². The standard InChI is InChI=1S/C20H24N2O4/c1-22(18(19(24)25)14-16-9-11-17(23)12-10-16)20(26)21-13-5-8-15-6-3-2-4-7-15/h2-4,6-7,9-12,18,23H,5,8,13-14H2,1H3,(H,21,26)(H,24,25). The molecule has 1 atom stereocenters. The lowest BCUT2D eigenvalue weighted by Gasteiger charge is -2.25. The minimum absolute atomic E-state index is 0.116. The summed E-state index contributed by atoms with van der Waals surface area (Å²) < 4.78 is 0. The zero-order valence-electron chi connectivity index (χ0n) is 14.8. The molecular formula is C20H24N2O4. The molecule has 0 spiro atoms. The first-order valence-corrected chi connectivity index (χ1v) is 8.52. The molecule has 0 aliphatic carbocycles. The second-order valence-corrected chi connectivity index (χ2v) is 6.16. The van der Waals surface area contributed by atoms with E-state index in [0.717, 1.165) is 18.4 Å². The quantitative estimate of drug-likeness (QED) is 0.634. The maximum Gasteiger partial charge on any atom is 0.326 e. The number of phenolic OH excluding ortho intramolecular Hbond substituents is 1. The number of aromatic hydroxyl groups is 1. The van der Waals surface area contributed by atoms with Crippen LogP contribution in [-0.4, -0.2) is 46.7 Å². The molecule has 6 heteroatoms. The van der Waals surface area contributed by atoms with Crippen LogP contribution in [0.2, 0.25) is 0 Å². The molecule has 0 aromatic heterocycles. The van der Waals surface area contributed by atoms with E-state index in [1.165, 1.54) is 29.6 Å². The van der Waals surface area contributed by atoms with E-state index in [-0.39, 0.29) is 12.2 Å². The van der Waals surface area contributed by atoms with Gasteiger partial charge in [0.05, 0.1) is 0 Å². The summed E-state index contributed by atoms with van der Waals surface area (Å²) >= 11 is 0. The summed E-state index contributed by atoms with van der Waals surface area (Å²) in [7, 11) is 1.48. The minimum Gasteiger partial charge on any atom is -0.508 e. The second kappa shape index (κ2) is 9.46. The van der Waals surface area contributed by atoms with Crippen molar-refractivity contribution in [3.63, 3.8) is 0 Å². The van der Waals surface area contributed by atoms with Crippen molar-refractivity contribution in [2.24, 2.45) is 0 Å². The number of carbonyl (C=O) groups excluding carboxylic acids is 1. The van der Waals surface area contributed by atoms with E-state index in [1.54, 1.807) is 12.1 Å². The topological polar surface area (TPSA) is 89.9 Å². The number of nitrogens with one attached hydrogen (secondary N) is 1. The van der Waals surface area contributed by atoms with Crippen molar-refractivity contribution in [1.82, 2.24) is 10.2 Å². The Labute approximate surface area is 153 Å². The van der Waals surface area contributed by atoms with Crippen molar-refractivity contribution in [2.75, 3.05) is 13.6 Å². The van der Waals surface area contributed by atoms with E-state index in [0.29, 0.717) is 6.54 Å². The van der Waals surface area contributed by atoms with Gasteiger partial charge in [-0.25, -0.2) is 9.59 Å². The molecule has 0 fully saturated rings. The Kier molecular flexibility index (Phi) is 7.02. The van der Waals surface area contributed by atoms with Crippen LogP contribution < -0.4 is 5.32 Å². The molecule has 138 valence electrons. The van der Waals surface area contributed by atoms with E-state index in [9.17, 15) is 19.8 Å². The largest absolute Gasteiger partial charge is 0.508 e. The lowest BCUT2D eigenvalue weighted by atomic mass is 10.1. The number of hydrogen-bond donors (Lipinski definition) is 3. The van der Waals surface area contributed by atoms with Crippen molar-refractivity contribution in [3.8, 4) is 5.75 Å². The number of carboxylic acids is 1. The third kappa shape index (κ3) is 5.81. The number of nitrogens with zero attached hydrogens (tertiary/aromatic N) is 1. The molecule has 2 rings (SSSR count). The van der Waals surface area contributed by atoms with E-state index in [1.807, 2.05) is 30.3 Å². The summed E-state index contributed by atoms with van der Waals surface area (Å²) in [6, 6.07) is 14.9. The van der Waals surface area contributed by atoms with Gasteiger partial charge in [-0.1, -0.05) is 42.5 Å². The monoisotopic (exact) mass is 356 g/mol. The van der Waals surface area contributed by atoms with Crippen LogP contribution in [0.3, 0.4) is 0 Å². The minimum atomic E-state index is -1.07. The smallest absolute Gasteiger partial charge is 0.326 e. The van der Waals surface area contributed by atoms with Gasteiger partial charge in [-0.2, -0.15) is 0 Å². The van der Waals surface area contributed by atoms with Gasteiger partial charge < -0.3 is 20.4 Å². The van der Waals surface area contributed by atoms with Gasteiger partial charge in [0.15, 0.2) is 0 Å². The normalized spacial score (nSPS) is 11.6. The summed E-state index contributed by atoms with van der Waals surface area (Å²) in [5.41, 5.74) is 1.93. The maximum atomic E-state index is 12.3.